The molecule has 0 aliphatic heterocycles. The Kier molecular flexibility index (Phi) is 5.65. The highest BCUT2D eigenvalue weighted by atomic mass is 79.9. The van der Waals surface area contributed by atoms with E-state index in [2.05, 4.69) is 21.2 Å². The molecule has 0 radical (unpaired) electrons. The highest BCUT2D eigenvalue weighted by molar-refractivity contribution is 9.10. The van der Waals surface area contributed by atoms with E-state index < -0.39 is 0 Å². The minimum absolute atomic E-state index is 0.126. The first-order valence-corrected chi connectivity index (χ1v) is 9.51. The van der Waals surface area contributed by atoms with E-state index in [0.717, 1.165) is 15.6 Å². The third-order valence-corrected chi connectivity index (χ3v) is 5.12. The van der Waals surface area contributed by atoms with Crippen molar-refractivity contribution in [1.82, 2.24) is 9.88 Å². The molecule has 0 fully saturated rings. The van der Waals surface area contributed by atoms with Gasteiger partial charge in [-0.3, -0.25) is 9.59 Å². The van der Waals surface area contributed by atoms with Crippen molar-refractivity contribution in [1.29, 1.82) is 0 Å². The van der Waals surface area contributed by atoms with Gasteiger partial charge in [0.1, 0.15) is 11.3 Å². The Bertz CT molecular complexity index is 1040. The first-order valence-electron chi connectivity index (χ1n) is 8.72. The molecule has 1 amide bonds. The lowest BCUT2D eigenvalue weighted by molar-refractivity contribution is 0.0938. The van der Waals surface area contributed by atoms with Crippen molar-refractivity contribution in [3.8, 4) is 5.75 Å². The third kappa shape index (κ3) is 3.90. The molecule has 1 atom stereocenters. The van der Waals surface area contributed by atoms with Crippen LogP contribution in [0.5, 0.6) is 5.75 Å². The molecule has 0 aliphatic carbocycles. The number of fused-ring (bicyclic) bond motifs is 1. The van der Waals surface area contributed by atoms with Crippen LogP contribution in [0.15, 0.2) is 57.9 Å². The Morgan fingerprint density at radius 2 is 1.93 bits per heavy atom. The van der Waals surface area contributed by atoms with E-state index in [4.69, 9.17) is 4.74 Å². The van der Waals surface area contributed by atoms with Gasteiger partial charge in [0.15, 0.2) is 0 Å². The number of halogens is 1. The molecule has 27 heavy (non-hydrogen) atoms. The second-order valence-electron chi connectivity index (χ2n) is 6.29. The van der Waals surface area contributed by atoms with Gasteiger partial charge in [0.05, 0.1) is 24.1 Å². The van der Waals surface area contributed by atoms with Crippen molar-refractivity contribution in [2.45, 2.75) is 26.4 Å². The van der Waals surface area contributed by atoms with Crippen molar-refractivity contribution < 1.29 is 9.53 Å². The Morgan fingerprint density at radius 1 is 1.22 bits per heavy atom. The molecular formula is C21H21BrN2O3. The summed E-state index contributed by atoms with van der Waals surface area (Å²) in [7, 11) is 1.55. The monoisotopic (exact) mass is 428 g/mol. The van der Waals surface area contributed by atoms with Crippen LogP contribution in [-0.2, 0) is 6.54 Å². The molecule has 0 saturated heterocycles. The summed E-state index contributed by atoms with van der Waals surface area (Å²) in [4.78, 5) is 25.8. The van der Waals surface area contributed by atoms with Crippen molar-refractivity contribution in [3.05, 3.63) is 74.5 Å². The number of methoxy groups -OCH3 is 1. The number of nitrogens with one attached hydrogen (secondary N) is 1. The SMILES string of the molecule is CCn1cc(C(=O)N[C@H](C)c2ccc(Br)cc2)c(=O)c2cc(OC)ccc21. The maximum absolute atomic E-state index is 12.9. The Labute approximate surface area is 166 Å². The predicted octanol–water partition coefficient (Wildman–Crippen LogP) is 4.28. The van der Waals surface area contributed by atoms with Gasteiger partial charge < -0.3 is 14.6 Å². The number of benzene rings is 2. The van der Waals surface area contributed by atoms with Crippen LogP contribution in [0.2, 0.25) is 0 Å². The number of aromatic nitrogens is 1. The lowest BCUT2D eigenvalue weighted by atomic mass is 10.1. The number of hydrogen-bond donors (Lipinski definition) is 1. The molecular weight excluding hydrogens is 408 g/mol. The number of carbonyl (C=O) groups is 1. The van der Waals surface area contributed by atoms with E-state index in [-0.39, 0.29) is 22.9 Å². The zero-order valence-corrected chi connectivity index (χ0v) is 17.0. The van der Waals surface area contributed by atoms with Crippen LogP contribution in [0.3, 0.4) is 0 Å². The average molecular weight is 429 g/mol. The van der Waals surface area contributed by atoms with Crippen LogP contribution in [0.25, 0.3) is 10.9 Å². The molecule has 2 aromatic carbocycles. The first-order chi connectivity index (χ1) is 12.9. The fourth-order valence-electron chi connectivity index (χ4n) is 3.04. The summed E-state index contributed by atoms with van der Waals surface area (Å²) in [5.41, 5.74) is 1.57. The van der Waals surface area contributed by atoms with Crippen molar-refractivity contribution in [3.63, 3.8) is 0 Å². The maximum atomic E-state index is 12.9. The molecule has 1 aromatic heterocycles. The van der Waals surface area contributed by atoms with Gasteiger partial charge in [0.25, 0.3) is 5.91 Å². The number of hydrogen-bond acceptors (Lipinski definition) is 3. The highest BCUT2D eigenvalue weighted by Gasteiger charge is 2.18. The molecule has 0 spiro atoms. The van der Waals surface area contributed by atoms with E-state index in [0.29, 0.717) is 17.7 Å². The van der Waals surface area contributed by atoms with Crippen LogP contribution in [0.1, 0.15) is 35.8 Å². The Balaban J connectivity index is 1.99. The molecule has 6 heteroatoms. The van der Waals surface area contributed by atoms with Crippen LogP contribution < -0.4 is 15.5 Å². The minimum Gasteiger partial charge on any atom is -0.497 e. The second-order valence-corrected chi connectivity index (χ2v) is 7.20. The van der Waals surface area contributed by atoms with Gasteiger partial charge >= 0.3 is 0 Å². The van der Waals surface area contributed by atoms with Gasteiger partial charge in [-0.2, -0.15) is 0 Å². The molecule has 0 aliphatic rings. The fourth-order valence-corrected chi connectivity index (χ4v) is 3.30. The topological polar surface area (TPSA) is 60.3 Å². The molecule has 5 nitrogen and oxygen atoms in total. The highest BCUT2D eigenvalue weighted by Crippen LogP contribution is 2.20. The number of nitrogens with zero attached hydrogens (tertiary/aromatic N) is 1. The number of rotatable bonds is 5. The summed E-state index contributed by atoms with van der Waals surface area (Å²) >= 11 is 3.40. The van der Waals surface area contributed by atoms with Crippen LogP contribution in [0.4, 0.5) is 0 Å². The fraction of sp³-hybridized carbons (Fsp3) is 0.238. The van der Waals surface area contributed by atoms with Crippen molar-refractivity contribution in [2.75, 3.05) is 7.11 Å². The second kappa shape index (κ2) is 7.96. The largest absolute Gasteiger partial charge is 0.497 e. The Morgan fingerprint density at radius 3 is 2.56 bits per heavy atom. The summed E-state index contributed by atoms with van der Waals surface area (Å²) in [6.07, 6.45) is 1.63. The maximum Gasteiger partial charge on any atom is 0.257 e. The Hall–Kier alpha value is -2.60. The zero-order valence-electron chi connectivity index (χ0n) is 15.5. The van der Waals surface area contributed by atoms with Crippen LogP contribution in [0, 0.1) is 0 Å². The summed E-state index contributed by atoms with van der Waals surface area (Å²) < 4.78 is 8.10. The lowest BCUT2D eigenvalue weighted by Gasteiger charge is -2.16. The summed E-state index contributed by atoms with van der Waals surface area (Å²) in [5, 5.41) is 3.39. The van der Waals surface area contributed by atoms with Gasteiger partial charge in [-0.05, 0) is 49.7 Å². The quantitative estimate of drug-likeness (QED) is 0.659. The van der Waals surface area contributed by atoms with Gasteiger partial charge in [-0.25, -0.2) is 0 Å². The number of aryl methyl sites for hydroxylation is 1. The number of carbonyl (C=O) groups excluding carboxylic acids is 1. The molecule has 0 saturated carbocycles. The number of amides is 1. The van der Waals surface area contributed by atoms with Crippen LogP contribution >= 0.6 is 15.9 Å². The molecule has 1 N–H and O–H groups in total. The normalized spacial score (nSPS) is 12.0. The van der Waals surface area contributed by atoms with E-state index in [9.17, 15) is 9.59 Å². The van der Waals surface area contributed by atoms with Gasteiger partial charge in [-0.15, -0.1) is 0 Å². The molecule has 0 unspecified atom stereocenters. The van der Waals surface area contributed by atoms with Crippen LogP contribution in [-0.4, -0.2) is 17.6 Å². The molecule has 3 aromatic rings. The van der Waals surface area contributed by atoms with Gasteiger partial charge in [0, 0.05) is 17.2 Å². The first kappa shape index (κ1) is 19.2. The van der Waals surface area contributed by atoms with E-state index in [1.807, 2.05) is 54.8 Å². The smallest absolute Gasteiger partial charge is 0.257 e. The van der Waals surface area contributed by atoms with Crippen molar-refractivity contribution >= 4 is 32.7 Å². The predicted molar refractivity (Wildman–Crippen MR) is 110 cm³/mol. The summed E-state index contributed by atoms with van der Waals surface area (Å²) in [6, 6.07) is 12.8. The molecule has 3 rings (SSSR count). The third-order valence-electron chi connectivity index (χ3n) is 4.59. The molecule has 0 bridgehead atoms. The lowest BCUT2D eigenvalue weighted by Crippen LogP contribution is -2.31. The van der Waals surface area contributed by atoms with E-state index >= 15 is 0 Å². The van der Waals surface area contributed by atoms with Crippen molar-refractivity contribution in [2.24, 2.45) is 0 Å². The number of ether oxygens (including phenoxy) is 1. The summed E-state index contributed by atoms with van der Waals surface area (Å²) in [5.74, 6) is 0.199. The zero-order chi connectivity index (χ0) is 19.6. The average Bonchev–Trinajstić information content (AvgIpc) is 2.68. The number of pyridine rings is 1. The van der Waals surface area contributed by atoms with E-state index in [1.54, 1.807) is 19.4 Å². The molecule has 1 heterocycles. The van der Waals surface area contributed by atoms with Gasteiger partial charge in [-0.1, -0.05) is 28.1 Å². The summed E-state index contributed by atoms with van der Waals surface area (Å²) in [6.45, 7) is 4.51. The molecule has 140 valence electrons. The minimum atomic E-state index is -0.387. The van der Waals surface area contributed by atoms with E-state index in [1.165, 1.54) is 0 Å². The standard InChI is InChI=1S/C21H21BrN2O3/c1-4-24-12-18(20(25)17-11-16(27-3)9-10-19(17)24)21(26)23-13(2)14-5-7-15(22)8-6-14/h5-13H,4H2,1-3H3,(H,23,26)/t13-/m1/s1. The van der Waals surface area contributed by atoms with Gasteiger partial charge in [0.2, 0.25) is 5.43 Å².